The number of rotatable bonds is 5. The van der Waals surface area contributed by atoms with Gasteiger partial charge in [-0.2, -0.15) is 5.10 Å². The molecule has 0 aliphatic rings. The number of benzene rings is 1. The molecule has 1 aromatic carbocycles. The molecule has 1 amide bonds. The van der Waals surface area contributed by atoms with Crippen LogP contribution in [0.15, 0.2) is 41.5 Å². The number of hydrogen-bond donors (Lipinski definition) is 1. The third-order valence-corrected chi connectivity index (χ3v) is 4.26. The van der Waals surface area contributed by atoms with Gasteiger partial charge in [0.05, 0.1) is 5.69 Å². The summed E-state index contributed by atoms with van der Waals surface area (Å²) < 4.78 is 28.2. The second-order valence-corrected chi connectivity index (χ2v) is 7.31. The van der Waals surface area contributed by atoms with Crippen LogP contribution in [0.2, 0.25) is 0 Å². The Balaban J connectivity index is 1.92. The van der Waals surface area contributed by atoms with Crippen molar-refractivity contribution in [2.24, 2.45) is 0 Å². The Morgan fingerprint density at radius 2 is 1.76 bits per heavy atom. The minimum absolute atomic E-state index is 0.102. The maximum absolute atomic E-state index is 13.6. The molecule has 3 aromatic rings. The van der Waals surface area contributed by atoms with E-state index in [1.807, 2.05) is 13.8 Å². The summed E-state index contributed by atoms with van der Waals surface area (Å²) in [5.74, 6) is -2.10. The van der Waals surface area contributed by atoms with E-state index in [1.165, 1.54) is 18.5 Å². The average Bonchev–Trinajstić information content (AvgIpc) is 2.64. The minimum atomic E-state index is -0.755. The molecule has 0 saturated heterocycles. The second-order valence-electron chi connectivity index (χ2n) is 6.64. The van der Waals surface area contributed by atoms with Gasteiger partial charge in [0.2, 0.25) is 11.9 Å². The molecule has 0 fully saturated rings. The van der Waals surface area contributed by atoms with Crippen molar-refractivity contribution in [3.8, 4) is 11.1 Å². The van der Waals surface area contributed by atoms with Gasteiger partial charge < -0.3 is 0 Å². The lowest BCUT2D eigenvalue weighted by Gasteiger charge is -2.14. The number of carbonyl (C=O) groups is 1. The Morgan fingerprint density at radius 3 is 2.34 bits per heavy atom. The molecule has 0 aliphatic carbocycles. The summed E-state index contributed by atoms with van der Waals surface area (Å²) in [4.78, 5) is 32.7. The third-order valence-electron chi connectivity index (χ3n) is 3.96. The zero-order valence-electron chi connectivity index (χ0n) is 15.7. The van der Waals surface area contributed by atoms with Crippen LogP contribution in [0.5, 0.6) is 0 Å². The van der Waals surface area contributed by atoms with Crippen LogP contribution in [0, 0.1) is 11.6 Å². The summed E-state index contributed by atoms with van der Waals surface area (Å²) in [7, 11) is 2.43. The molecule has 1 atom stereocenters. The normalized spacial score (nSPS) is 11.0. The van der Waals surface area contributed by atoms with E-state index in [4.69, 9.17) is 0 Å². The molecule has 29 heavy (non-hydrogen) atoms. The van der Waals surface area contributed by atoms with Crippen molar-refractivity contribution in [3.63, 3.8) is 0 Å². The fourth-order valence-corrected chi connectivity index (χ4v) is 2.84. The standard InChI is InChI=1S/C19H18F2N5O2P/c1-10(2)18-15(11-3-12(20)5-13(21)4-11)6-17(28)26(25-18)9-16(27)24-19-22-7-14(29)8-23-19/h3-8,10H,9,29H2,1-2H3,(H,22,23,24,27). The summed E-state index contributed by atoms with van der Waals surface area (Å²) in [6, 6.07) is 4.25. The molecule has 2 aromatic heterocycles. The number of nitrogens with one attached hydrogen (secondary N) is 1. The van der Waals surface area contributed by atoms with Gasteiger partial charge in [-0.25, -0.2) is 23.4 Å². The summed E-state index contributed by atoms with van der Waals surface area (Å²) in [5.41, 5.74) is 0.384. The first kappa shape index (κ1) is 20.7. The van der Waals surface area contributed by atoms with Gasteiger partial charge in [0.25, 0.3) is 5.56 Å². The molecule has 0 spiro atoms. The lowest BCUT2D eigenvalue weighted by atomic mass is 9.98. The molecule has 150 valence electrons. The first-order chi connectivity index (χ1) is 13.7. The topological polar surface area (TPSA) is 89.8 Å². The van der Waals surface area contributed by atoms with Crippen LogP contribution in [-0.2, 0) is 11.3 Å². The first-order valence-electron chi connectivity index (χ1n) is 8.69. The highest BCUT2D eigenvalue weighted by atomic mass is 31.0. The van der Waals surface area contributed by atoms with Crippen molar-refractivity contribution >= 4 is 26.4 Å². The van der Waals surface area contributed by atoms with E-state index in [-0.39, 0.29) is 24.0 Å². The van der Waals surface area contributed by atoms with Gasteiger partial charge in [0.15, 0.2) is 0 Å². The molecule has 0 saturated carbocycles. The molecule has 0 aliphatic heterocycles. The molecular weight excluding hydrogens is 399 g/mol. The number of aromatic nitrogens is 4. The summed E-state index contributed by atoms with van der Waals surface area (Å²) in [6.45, 7) is 3.30. The smallest absolute Gasteiger partial charge is 0.267 e. The summed E-state index contributed by atoms with van der Waals surface area (Å²) in [5, 5.41) is 7.50. The number of carbonyl (C=O) groups excluding carboxylic acids is 1. The lowest BCUT2D eigenvalue weighted by molar-refractivity contribution is -0.117. The van der Waals surface area contributed by atoms with E-state index in [2.05, 4.69) is 29.6 Å². The fourth-order valence-electron chi connectivity index (χ4n) is 2.69. The molecular formula is C19H18F2N5O2P. The monoisotopic (exact) mass is 417 g/mol. The second kappa shape index (κ2) is 8.53. The SMILES string of the molecule is CC(C)c1nn(CC(=O)Nc2ncc(P)cn2)c(=O)cc1-c1cc(F)cc(F)c1. The van der Waals surface area contributed by atoms with Crippen molar-refractivity contribution in [2.75, 3.05) is 5.32 Å². The van der Waals surface area contributed by atoms with Crippen LogP contribution in [-0.4, -0.2) is 25.7 Å². The van der Waals surface area contributed by atoms with Gasteiger partial charge >= 0.3 is 0 Å². The summed E-state index contributed by atoms with van der Waals surface area (Å²) in [6.07, 6.45) is 3.03. The molecule has 1 unspecified atom stereocenters. The van der Waals surface area contributed by atoms with Gasteiger partial charge in [-0.3, -0.25) is 14.9 Å². The highest BCUT2D eigenvalue weighted by Gasteiger charge is 2.17. The van der Waals surface area contributed by atoms with E-state index < -0.39 is 23.1 Å². The zero-order valence-corrected chi connectivity index (χ0v) is 16.8. The predicted molar refractivity (Wildman–Crippen MR) is 108 cm³/mol. The van der Waals surface area contributed by atoms with Gasteiger partial charge in [-0.15, -0.1) is 9.24 Å². The number of anilines is 1. The highest BCUT2D eigenvalue weighted by molar-refractivity contribution is 7.27. The Bertz CT molecular complexity index is 1100. The van der Waals surface area contributed by atoms with Gasteiger partial charge in [-0.05, 0) is 23.6 Å². The molecule has 3 rings (SSSR count). The van der Waals surface area contributed by atoms with Crippen molar-refractivity contribution < 1.29 is 13.6 Å². The number of nitrogens with zero attached hydrogens (tertiary/aromatic N) is 4. The van der Waals surface area contributed by atoms with Crippen molar-refractivity contribution in [2.45, 2.75) is 26.3 Å². The number of halogens is 2. The molecule has 10 heteroatoms. The van der Waals surface area contributed by atoms with E-state index in [9.17, 15) is 18.4 Å². The molecule has 7 nitrogen and oxygen atoms in total. The lowest BCUT2D eigenvalue weighted by Crippen LogP contribution is -2.31. The Kier molecular flexibility index (Phi) is 6.08. The maximum atomic E-state index is 13.6. The van der Waals surface area contributed by atoms with Gasteiger partial charge in [-0.1, -0.05) is 13.8 Å². The van der Waals surface area contributed by atoms with Crippen LogP contribution >= 0.6 is 9.24 Å². The molecule has 0 bridgehead atoms. The summed E-state index contributed by atoms with van der Waals surface area (Å²) >= 11 is 0. The Hall–Kier alpha value is -3.06. The van der Waals surface area contributed by atoms with Crippen LogP contribution in [0.3, 0.4) is 0 Å². The van der Waals surface area contributed by atoms with E-state index >= 15 is 0 Å². The Labute approximate surface area is 167 Å². The molecule has 1 N–H and O–H groups in total. The van der Waals surface area contributed by atoms with Crippen LogP contribution in [0.4, 0.5) is 14.7 Å². The van der Waals surface area contributed by atoms with Crippen molar-refractivity contribution in [1.82, 2.24) is 19.7 Å². The van der Waals surface area contributed by atoms with Gasteiger partial charge in [0, 0.05) is 35.4 Å². The third kappa shape index (κ3) is 5.06. The maximum Gasteiger partial charge on any atom is 0.267 e. The van der Waals surface area contributed by atoms with Crippen molar-refractivity contribution in [3.05, 3.63) is 64.3 Å². The largest absolute Gasteiger partial charge is 0.293 e. The van der Waals surface area contributed by atoms with E-state index in [1.54, 1.807) is 0 Å². The quantitative estimate of drug-likeness (QED) is 0.643. The van der Waals surface area contributed by atoms with Crippen LogP contribution in [0.1, 0.15) is 25.5 Å². The van der Waals surface area contributed by atoms with E-state index in [0.717, 1.165) is 28.2 Å². The van der Waals surface area contributed by atoms with Crippen LogP contribution < -0.4 is 16.2 Å². The number of amides is 1. The van der Waals surface area contributed by atoms with Gasteiger partial charge in [0.1, 0.15) is 18.2 Å². The van der Waals surface area contributed by atoms with E-state index in [0.29, 0.717) is 11.3 Å². The average molecular weight is 417 g/mol. The fraction of sp³-hybridized carbons (Fsp3) is 0.211. The minimum Gasteiger partial charge on any atom is -0.293 e. The zero-order chi connectivity index (χ0) is 21.1. The Morgan fingerprint density at radius 1 is 1.14 bits per heavy atom. The van der Waals surface area contributed by atoms with Crippen molar-refractivity contribution in [1.29, 1.82) is 0 Å². The number of hydrogen-bond acceptors (Lipinski definition) is 5. The first-order valence-corrected chi connectivity index (χ1v) is 9.26. The van der Waals surface area contributed by atoms with Crippen LogP contribution in [0.25, 0.3) is 11.1 Å². The molecule has 0 radical (unpaired) electrons. The molecule has 2 heterocycles. The predicted octanol–water partition coefficient (Wildman–Crippen LogP) is 2.24. The highest BCUT2D eigenvalue weighted by Crippen LogP contribution is 2.27.